The maximum absolute atomic E-state index is 11.0. The quantitative estimate of drug-likeness (QED) is 0.448. The minimum Gasteiger partial charge on any atom is -0.481 e. The van der Waals surface area contributed by atoms with E-state index in [2.05, 4.69) is 0 Å². The average Bonchev–Trinajstić information content (AvgIpc) is 2.07. The van der Waals surface area contributed by atoms with Crippen molar-refractivity contribution < 1.29 is 19.4 Å². The van der Waals surface area contributed by atoms with Crippen molar-refractivity contribution in [2.75, 3.05) is 0 Å². The Morgan fingerprint density at radius 2 is 2.00 bits per heavy atom. The van der Waals surface area contributed by atoms with Crippen LogP contribution in [0, 0.1) is 6.92 Å². The molecular weight excluding hydrogens is 184 g/mol. The van der Waals surface area contributed by atoms with Crippen molar-refractivity contribution in [1.29, 1.82) is 0 Å². The molecule has 74 valence electrons. The Labute approximate surface area is 81.1 Å². The fourth-order valence-corrected chi connectivity index (χ4v) is 0.953. The van der Waals surface area contributed by atoms with Gasteiger partial charge in [-0.3, -0.25) is 9.59 Å². The molecule has 0 amide bonds. The molecule has 1 aromatic rings. The second kappa shape index (κ2) is 4.41. The number of para-hydroxylation sites is 1. The summed E-state index contributed by atoms with van der Waals surface area (Å²) in [5, 5.41) is 8.33. The molecule has 1 N–H and O–H groups in total. The van der Waals surface area contributed by atoms with Gasteiger partial charge in [0, 0.05) is 0 Å². The Morgan fingerprint density at radius 1 is 1.36 bits per heavy atom. The van der Waals surface area contributed by atoms with Gasteiger partial charge in [0.2, 0.25) is 0 Å². The third kappa shape index (κ3) is 2.90. The van der Waals surface area contributed by atoms with Crippen molar-refractivity contribution in [1.82, 2.24) is 0 Å². The van der Waals surface area contributed by atoms with Crippen molar-refractivity contribution in [3.63, 3.8) is 0 Å². The molecule has 14 heavy (non-hydrogen) atoms. The number of ether oxygens (including phenoxy) is 1. The van der Waals surface area contributed by atoms with Gasteiger partial charge in [-0.15, -0.1) is 0 Å². The van der Waals surface area contributed by atoms with Gasteiger partial charge in [0.1, 0.15) is 12.2 Å². The highest BCUT2D eigenvalue weighted by Gasteiger charge is 2.10. The molecule has 4 heteroatoms. The lowest BCUT2D eigenvalue weighted by Crippen LogP contribution is -2.13. The molecule has 0 fully saturated rings. The van der Waals surface area contributed by atoms with Crippen molar-refractivity contribution in [2.45, 2.75) is 13.3 Å². The van der Waals surface area contributed by atoms with E-state index in [1.165, 1.54) is 0 Å². The van der Waals surface area contributed by atoms with Gasteiger partial charge in [-0.1, -0.05) is 18.2 Å². The van der Waals surface area contributed by atoms with Crippen LogP contribution in [-0.4, -0.2) is 17.0 Å². The molecule has 0 saturated carbocycles. The Bertz CT molecular complexity index is 357. The summed E-state index contributed by atoms with van der Waals surface area (Å²) in [5.74, 6) is -1.55. The van der Waals surface area contributed by atoms with Crippen LogP contribution >= 0.6 is 0 Å². The highest BCUT2D eigenvalue weighted by Crippen LogP contribution is 2.16. The molecule has 0 aliphatic rings. The number of aliphatic carboxylic acids is 1. The van der Waals surface area contributed by atoms with Crippen LogP contribution in [0.1, 0.15) is 12.0 Å². The van der Waals surface area contributed by atoms with Gasteiger partial charge in [0.15, 0.2) is 0 Å². The number of rotatable bonds is 3. The first-order valence-corrected chi connectivity index (χ1v) is 4.07. The summed E-state index contributed by atoms with van der Waals surface area (Å²) in [7, 11) is 0. The predicted octanol–water partition coefficient (Wildman–Crippen LogP) is 1.38. The molecule has 0 bridgehead atoms. The van der Waals surface area contributed by atoms with Crippen molar-refractivity contribution in [3.05, 3.63) is 29.8 Å². The van der Waals surface area contributed by atoms with E-state index >= 15 is 0 Å². The summed E-state index contributed by atoms with van der Waals surface area (Å²) in [5.41, 5.74) is 0.797. The second-order valence-corrected chi connectivity index (χ2v) is 2.81. The number of carboxylic acids is 1. The van der Waals surface area contributed by atoms with Gasteiger partial charge >= 0.3 is 11.9 Å². The summed E-state index contributed by atoms with van der Waals surface area (Å²) in [6.45, 7) is 1.78. The van der Waals surface area contributed by atoms with Gasteiger partial charge in [0.05, 0.1) is 0 Å². The van der Waals surface area contributed by atoms with Gasteiger partial charge in [-0.05, 0) is 18.6 Å². The zero-order valence-electron chi connectivity index (χ0n) is 7.69. The van der Waals surface area contributed by atoms with E-state index in [-0.39, 0.29) is 0 Å². The van der Waals surface area contributed by atoms with E-state index < -0.39 is 18.4 Å². The van der Waals surface area contributed by atoms with Crippen LogP contribution in [0.15, 0.2) is 24.3 Å². The highest BCUT2D eigenvalue weighted by molar-refractivity contribution is 5.91. The number of aryl methyl sites for hydroxylation is 1. The number of carboxylic acid groups (broad SMARTS) is 1. The second-order valence-electron chi connectivity index (χ2n) is 2.81. The zero-order chi connectivity index (χ0) is 10.6. The number of hydrogen-bond acceptors (Lipinski definition) is 3. The maximum atomic E-state index is 11.0. The fraction of sp³-hybridized carbons (Fsp3) is 0.200. The molecule has 0 aliphatic carbocycles. The first-order chi connectivity index (χ1) is 6.59. The third-order valence-electron chi connectivity index (χ3n) is 1.61. The molecule has 1 rings (SSSR count). The van der Waals surface area contributed by atoms with Gasteiger partial charge < -0.3 is 9.84 Å². The number of hydrogen-bond donors (Lipinski definition) is 1. The maximum Gasteiger partial charge on any atom is 0.322 e. The van der Waals surface area contributed by atoms with E-state index in [0.29, 0.717) is 5.75 Å². The summed E-state index contributed by atoms with van der Waals surface area (Å²) in [4.78, 5) is 21.2. The molecule has 0 aliphatic heterocycles. The van der Waals surface area contributed by atoms with E-state index in [1.807, 2.05) is 6.07 Å². The minimum atomic E-state index is -1.19. The van der Waals surface area contributed by atoms with Gasteiger partial charge in [-0.2, -0.15) is 0 Å². The minimum absolute atomic E-state index is 0.402. The summed E-state index contributed by atoms with van der Waals surface area (Å²) < 4.78 is 4.84. The largest absolute Gasteiger partial charge is 0.481 e. The van der Waals surface area contributed by atoms with Crippen molar-refractivity contribution >= 4 is 11.9 Å². The molecular formula is C10H10O4. The summed E-state index contributed by atoms with van der Waals surface area (Å²) in [6.07, 6.45) is -0.617. The first kappa shape index (κ1) is 10.2. The molecule has 0 atom stereocenters. The molecule has 0 unspecified atom stereocenters. The lowest BCUT2D eigenvalue weighted by Gasteiger charge is -2.04. The molecule has 0 aromatic heterocycles. The van der Waals surface area contributed by atoms with Crippen LogP contribution in [0.5, 0.6) is 5.75 Å². The number of esters is 1. The van der Waals surface area contributed by atoms with E-state index in [1.54, 1.807) is 25.1 Å². The molecule has 0 saturated heterocycles. The Morgan fingerprint density at radius 3 is 2.57 bits per heavy atom. The zero-order valence-corrected chi connectivity index (χ0v) is 7.69. The normalized spacial score (nSPS) is 9.50. The fourth-order valence-electron chi connectivity index (χ4n) is 0.953. The van der Waals surface area contributed by atoms with E-state index in [9.17, 15) is 9.59 Å². The number of carbonyl (C=O) groups is 2. The molecule has 4 nitrogen and oxygen atoms in total. The monoisotopic (exact) mass is 194 g/mol. The van der Waals surface area contributed by atoms with Crippen molar-refractivity contribution in [3.8, 4) is 5.75 Å². The van der Waals surface area contributed by atoms with Crippen LogP contribution < -0.4 is 4.74 Å². The SMILES string of the molecule is Cc1ccccc1OC(=O)CC(=O)O. The lowest BCUT2D eigenvalue weighted by atomic mass is 10.2. The number of carbonyl (C=O) groups excluding carboxylic acids is 1. The predicted molar refractivity (Wildman–Crippen MR) is 49.1 cm³/mol. The summed E-state index contributed by atoms with van der Waals surface area (Å²) in [6, 6.07) is 6.93. The van der Waals surface area contributed by atoms with Crippen LogP contribution in [-0.2, 0) is 9.59 Å². The smallest absolute Gasteiger partial charge is 0.322 e. The Kier molecular flexibility index (Phi) is 3.23. The Hall–Kier alpha value is -1.84. The van der Waals surface area contributed by atoms with E-state index in [0.717, 1.165) is 5.56 Å². The number of benzene rings is 1. The lowest BCUT2D eigenvalue weighted by molar-refractivity contribution is -0.145. The topological polar surface area (TPSA) is 63.6 Å². The van der Waals surface area contributed by atoms with Gasteiger partial charge in [0.25, 0.3) is 0 Å². The van der Waals surface area contributed by atoms with E-state index in [4.69, 9.17) is 9.84 Å². The van der Waals surface area contributed by atoms with Crippen LogP contribution in [0.4, 0.5) is 0 Å². The van der Waals surface area contributed by atoms with Crippen LogP contribution in [0.2, 0.25) is 0 Å². The average molecular weight is 194 g/mol. The van der Waals surface area contributed by atoms with Crippen molar-refractivity contribution in [2.24, 2.45) is 0 Å². The molecule has 0 radical (unpaired) electrons. The standard InChI is InChI=1S/C10H10O4/c1-7-4-2-3-5-8(7)14-10(13)6-9(11)12/h2-5H,6H2,1H3,(H,11,12). The third-order valence-corrected chi connectivity index (χ3v) is 1.61. The molecule has 1 aromatic carbocycles. The summed E-state index contributed by atoms with van der Waals surface area (Å²) >= 11 is 0. The highest BCUT2D eigenvalue weighted by atomic mass is 16.5. The first-order valence-electron chi connectivity index (χ1n) is 4.07. The van der Waals surface area contributed by atoms with Crippen LogP contribution in [0.3, 0.4) is 0 Å². The van der Waals surface area contributed by atoms with Gasteiger partial charge in [-0.25, -0.2) is 0 Å². The Balaban J connectivity index is 2.65. The molecule has 0 heterocycles. The van der Waals surface area contributed by atoms with Crippen LogP contribution in [0.25, 0.3) is 0 Å². The molecule has 0 spiro atoms.